The molecular weight excluding hydrogens is 386 g/mol. The number of carbonyl (C=O) groups excluding carboxylic acids is 1. The molecule has 1 unspecified atom stereocenters. The van der Waals surface area contributed by atoms with Crippen LogP contribution in [0.25, 0.3) is 0 Å². The fourth-order valence-electron chi connectivity index (χ4n) is 5.32. The summed E-state index contributed by atoms with van der Waals surface area (Å²) in [5.41, 5.74) is 3.14. The van der Waals surface area contributed by atoms with Gasteiger partial charge in [-0.3, -0.25) is 4.79 Å². The number of fused-ring (bicyclic) bond motifs is 4. The zero-order valence-corrected chi connectivity index (χ0v) is 17.4. The highest BCUT2D eigenvalue weighted by Crippen LogP contribution is 2.47. The van der Waals surface area contributed by atoms with Gasteiger partial charge in [0, 0.05) is 36.3 Å². The van der Waals surface area contributed by atoms with E-state index >= 15 is 0 Å². The van der Waals surface area contributed by atoms with Gasteiger partial charge in [-0.1, -0.05) is 11.6 Å². The fraction of sp³-hybridized carbons (Fsp3) is 0.435. The fourth-order valence-corrected chi connectivity index (χ4v) is 5.44. The standard InChI is InChI=1S/C23H26ClN3O2/c1-29-18-8-9-20-19(15-18)25-23(21-3-2-12-27(20)21)10-13-26(14-11-23)22(28)16-4-6-17(24)7-5-16/h4-9,15,21,25H,2-3,10-14H2,1H3. The summed E-state index contributed by atoms with van der Waals surface area (Å²) in [6.45, 7) is 2.62. The molecule has 3 heterocycles. The number of halogens is 1. The Hall–Kier alpha value is -2.40. The molecule has 1 N–H and O–H groups in total. The summed E-state index contributed by atoms with van der Waals surface area (Å²) in [6, 6.07) is 14.0. The number of ether oxygens (including phenoxy) is 1. The Bertz CT molecular complexity index is 922. The average molecular weight is 412 g/mol. The van der Waals surface area contributed by atoms with Crippen LogP contribution in [-0.4, -0.2) is 49.1 Å². The van der Waals surface area contributed by atoms with E-state index in [4.69, 9.17) is 16.3 Å². The lowest BCUT2D eigenvalue weighted by atomic mass is 9.77. The number of carbonyl (C=O) groups is 1. The normalized spacial score (nSPS) is 22.1. The van der Waals surface area contributed by atoms with E-state index in [1.54, 1.807) is 19.2 Å². The zero-order valence-electron chi connectivity index (χ0n) is 16.7. The van der Waals surface area contributed by atoms with Crippen LogP contribution in [0.4, 0.5) is 11.4 Å². The van der Waals surface area contributed by atoms with Crippen molar-refractivity contribution in [2.24, 2.45) is 0 Å². The van der Waals surface area contributed by atoms with Crippen LogP contribution in [-0.2, 0) is 0 Å². The van der Waals surface area contributed by atoms with Crippen LogP contribution < -0.4 is 15.0 Å². The van der Waals surface area contributed by atoms with Gasteiger partial charge in [0.15, 0.2) is 0 Å². The highest BCUT2D eigenvalue weighted by Gasteiger charge is 2.50. The molecule has 2 fully saturated rings. The van der Waals surface area contributed by atoms with Crippen LogP contribution in [0, 0.1) is 0 Å². The van der Waals surface area contributed by atoms with Gasteiger partial charge in [-0.15, -0.1) is 0 Å². The van der Waals surface area contributed by atoms with Crippen molar-refractivity contribution in [3.05, 3.63) is 53.1 Å². The second kappa shape index (κ2) is 7.13. The number of nitrogens with one attached hydrogen (secondary N) is 1. The van der Waals surface area contributed by atoms with Crippen molar-refractivity contribution in [3.8, 4) is 5.75 Å². The predicted octanol–water partition coefficient (Wildman–Crippen LogP) is 4.42. The molecule has 0 aromatic heterocycles. The minimum absolute atomic E-state index is 0.00659. The van der Waals surface area contributed by atoms with Gasteiger partial charge in [-0.05, 0) is 62.1 Å². The molecular formula is C23H26ClN3O2. The first kappa shape index (κ1) is 18.6. The van der Waals surface area contributed by atoms with Crippen molar-refractivity contribution < 1.29 is 9.53 Å². The Labute approximate surface area is 176 Å². The largest absolute Gasteiger partial charge is 0.497 e. The summed E-state index contributed by atoms with van der Waals surface area (Å²) in [4.78, 5) is 17.5. The number of hydrogen-bond acceptors (Lipinski definition) is 4. The van der Waals surface area contributed by atoms with Crippen LogP contribution in [0.5, 0.6) is 5.75 Å². The lowest BCUT2D eigenvalue weighted by Gasteiger charge is -2.53. The molecule has 0 saturated carbocycles. The summed E-state index contributed by atoms with van der Waals surface area (Å²) < 4.78 is 5.45. The van der Waals surface area contributed by atoms with E-state index in [1.165, 1.54) is 18.5 Å². The lowest BCUT2D eigenvalue weighted by molar-refractivity contribution is 0.0666. The van der Waals surface area contributed by atoms with Crippen molar-refractivity contribution >= 4 is 28.9 Å². The van der Waals surface area contributed by atoms with Crippen LogP contribution >= 0.6 is 11.6 Å². The van der Waals surface area contributed by atoms with Gasteiger partial charge in [0.1, 0.15) is 5.75 Å². The number of rotatable bonds is 2. The molecule has 5 nitrogen and oxygen atoms in total. The van der Waals surface area contributed by atoms with E-state index in [1.807, 2.05) is 23.1 Å². The molecule has 0 aliphatic carbocycles. The number of methoxy groups -OCH3 is 1. The third-order valence-electron chi connectivity index (χ3n) is 6.82. The van der Waals surface area contributed by atoms with Gasteiger partial charge in [0.2, 0.25) is 0 Å². The Morgan fingerprint density at radius 1 is 1.14 bits per heavy atom. The number of anilines is 2. The number of amides is 1. The molecule has 2 saturated heterocycles. The molecule has 2 aromatic rings. The average Bonchev–Trinajstić information content (AvgIpc) is 3.25. The Morgan fingerprint density at radius 3 is 2.62 bits per heavy atom. The maximum atomic E-state index is 12.9. The molecule has 1 amide bonds. The molecule has 1 atom stereocenters. The molecule has 6 heteroatoms. The Balaban J connectivity index is 1.38. The number of nitrogens with zero attached hydrogens (tertiary/aromatic N) is 2. The SMILES string of the molecule is COc1ccc2c(c1)NC1(CCN(C(=O)c3ccc(Cl)cc3)CC1)C1CCCN21. The van der Waals surface area contributed by atoms with Gasteiger partial charge < -0.3 is 19.9 Å². The second-order valence-corrected chi connectivity index (χ2v) is 8.75. The number of benzene rings is 2. The first-order valence-corrected chi connectivity index (χ1v) is 10.8. The molecule has 0 radical (unpaired) electrons. The summed E-state index contributed by atoms with van der Waals surface area (Å²) in [5.74, 6) is 0.970. The highest BCUT2D eigenvalue weighted by molar-refractivity contribution is 6.30. The van der Waals surface area contributed by atoms with Crippen molar-refractivity contribution in [3.63, 3.8) is 0 Å². The second-order valence-electron chi connectivity index (χ2n) is 8.31. The lowest BCUT2D eigenvalue weighted by Crippen LogP contribution is -2.62. The third-order valence-corrected chi connectivity index (χ3v) is 7.07. The van der Waals surface area contributed by atoms with E-state index in [0.29, 0.717) is 16.6 Å². The Kier molecular flexibility index (Phi) is 4.58. The first-order valence-electron chi connectivity index (χ1n) is 10.4. The van der Waals surface area contributed by atoms with Crippen molar-refractivity contribution in [1.82, 2.24) is 4.90 Å². The monoisotopic (exact) mass is 411 g/mol. The smallest absolute Gasteiger partial charge is 0.253 e. The third kappa shape index (κ3) is 3.12. The summed E-state index contributed by atoms with van der Waals surface area (Å²) in [7, 11) is 1.71. The van der Waals surface area contributed by atoms with E-state index < -0.39 is 0 Å². The van der Waals surface area contributed by atoms with E-state index in [9.17, 15) is 4.79 Å². The molecule has 1 spiro atoms. The van der Waals surface area contributed by atoms with Crippen LogP contribution in [0.3, 0.4) is 0 Å². The predicted molar refractivity (Wildman–Crippen MR) is 116 cm³/mol. The highest BCUT2D eigenvalue weighted by atomic mass is 35.5. The summed E-state index contributed by atoms with van der Waals surface area (Å²) in [5, 5.41) is 4.54. The summed E-state index contributed by atoms with van der Waals surface area (Å²) >= 11 is 5.97. The van der Waals surface area contributed by atoms with Gasteiger partial charge in [0.25, 0.3) is 5.91 Å². The molecule has 3 aliphatic rings. The molecule has 3 aliphatic heterocycles. The van der Waals surface area contributed by atoms with E-state index in [0.717, 1.165) is 43.9 Å². The van der Waals surface area contributed by atoms with Gasteiger partial charge in [0.05, 0.1) is 30.1 Å². The van der Waals surface area contributed by atoms with Crippen LogP contribution in [0.15, 0.2) is 42.5 Å². The maximum Gasteiger partial charge on any atom is 0.253 e. The van der Waals surface area contributed by atoms with Gasteiger partial charge in [-0.25, -0.2) is 0 Å². The molecule has 29 heavy (non-hydrogen) atoms. The minimum Gasteiger partial charge on any atom is -0.497 e. The van der Waals surface area contributed by atoms with Crippen molar-refractivity contribution in [2.75, 3.05) is 37.0 Å². The Morgan fingerprint density at radius 2 is 1.90 bits per heavy atom. The van der Waals surface area contributed by atoms with Crippen LogP contribution in [0.1, 0.15) is 36.0 Å². The maximum absolute atomic E-state index is 12.9. The molecule has 152 valence electrons. The topological polar surface area (TPSA) is 44.8 Å². The number of piperidine rings is 1. The molecule has 0 bridgehead atoms. The number of hydrogen-bond donors (Lipinski definition) is 1. The molecule has 5 rings (SSSR count). The first-order chi connectivity index (χ1) is 14.1. The van der Waals surface area contributed by atoms with E-state index in [2.05, 4.69) is 22.3 Å². The van der Waals surface area contributed by atoms with Crippen molar-refractivity contribution in [2.45, 2.75) is 37.3 Å². The van der Waals surface area contributed by atoms with Gasteiger partial charge in [-0.2, -0.15) is 0 Å². The van der Waals surface area contributed by atoms with E-state index in [-0.39, 0.29) is 11.4 Å². The van der Waals surface area contributed by atoms with Crippen molar-refractivity contribution in [1.29, 1.82) is 0 Å². The van der Waals surface area contributed by atoms with Crippen LogP contribution in [0.2, 0.25) is 5.02 Å². The quantitative estimate of drug-likeness (QED) is 0.794. The van der Waals surface area contributed by atoms with Gasteiger partial charge >= 0.3 is 0 Å². The minimum atomic E-state index is 0.00659. The number of likely N-dealkylation sites (tertiary alicyclic amines) is 1. The zero-order chi connectivity index (χ0) is 20.0. The molecule has 2 aromatic carbocycles. The summed E-state index contributed by atoms with van der Waals surface area (Å²) in [6.07, 6.45) is 4.31.